The second-order valence-electron chi connectivity index (χ2n) is 2.34. The second kappa shape index (κ2) is 5.30. The first-order valence-electron chi connectivity index (χ1n) is 3.36. The van der Waals surface area contributed by atoms with Crippen LogP contribution in [0.4, 0.5) is 0 Å². The third-order valence-electron chi connectivity index (χ3n) is 1.37. The van der Waals surface area contributed by atoms with Crippen LogP contribution >= 0.6 is 34.8 Å². The highest BCUT2D eigenvalue weighted by molar-refractivity contribution is 7.74. The zero-order chi connectivity index (χ0) is 10.7. The van der Waals surface area contributed by atoms with Gasteiger partial charge in [0.2, 0.25) is 0 Å². The Kier molecular flexibility index (Phi) is 4.63. The van der Waals surface area contributed by atoms with Crippen LogP contribution in [0.15, 0.2) is 12.1 Å². The number of hydrogen-bond donors (Lipinski definition) is 0. The molecule has 0 bridgehead atoms. The second-order valence-corrected chi connectivity index (χ2v) is 4.18. The molecule has 0 radical (unpaired) electrons. The van der Waals surface area contributed by atoms with Gasteiger partial charge in [0.25, 0.3) is 0 Å². The monoisotopic (exact) mass is 273 g/mol. The van der Waals surface area contributed by atoms with E-state index in [1.54, 1.807) is 0 Å². The maximum absolute atomic E-state index is 10.1. The van der Waals surface area contributed by atoms with Gasteiger partial charge in [-0.15, -0.1) is 0 Å². The lowest BCUT2D eigenvalue weighted by molar-refractivity contribution is 0.291. The molecule has 7 heteroatoms. The molecule has 0 aliphatic heterocycles. The Morgan fingerprint density at radius 3 is 2.21 bits per heavy atom. The number of hydrogen-bond acceptors (Lipinski definition) is 3. The minimum absolute atomic E-state index is 0.118. The number of rotatable bonds is 3. The van der Waals surface area contributed by atoms with Crippen molar-refractivity contribution in [3.8, 4) is 0 Å². The molecule has 0 aliphatic rings. The Balaban J connectivity index is 2.84. The standard InChI is InChI=1S/C7H5Cl3O3S/c8-5-1-4(3-13-14(11)12)2-6(9)7(5)10/h1-2H,3H2,(H,11,12)/p-1. The van der Waals surface area contributed by atoms with Gasteiger partial charge in [0, 0.05) is 0 Å². The summed E-state index contributed by atoms with van der Waals surface area (Å²) in [5.74, 6) is 0. The van der Waals surface area contributed by atoms with Crippen LogP contribution in [0.1, 0.15) is 5.56 Å². The van der Waals surface area contributed by atoms with Crippen LogP contribution in [-0.4, -0.2) is 8.76 Å². The topological polar surface area (TPSA) is 49.4 Å². The van der Waals surface area contributed by atoms with Crippen molar-refractivity contribution in [1.29, 1.82) is 0 Å². The molecule has 0 fully saturated rings. The first kappa shape index (κ1) is 12.2. The molecule has 0 saturated carbocycles. The maximum Gasteiger partial charge on any atom is 0.0880 e. The van der Waals surface area contributed by atoms with E-state index in [-0.39, 0.29) is 21.7 Å². The third kappa shape index (κ3) is 3.38. The zero-order valence-corrected chi connectivity index (χ0v) is 9.71. The number of halogens is 3. The van der Waals surface area contributed by atoms with Gasteiger partial charge in [-0.2, -0.15) is 0 Å². The molecule has 1 atom stereocenters. The summed E-state index contributed by atoms with van der Waals surface area (Å²) in [6, 6.07) is 2.98. The summed E-state index contributed by atoms with van der Waals surface area (Å²) in [5.41, 5.74) is 0.536. The minimum Gasteiger partial charge on any atom is -0.750 e. The van der Waals surface area contributed by atoms with Gasteiger partial charge < -0.3 is 4.55 Å². The maximum atomic E-state index is 10.1. The summed E-state index contributed by atoms with van der Waals surface area (Å²) in [4.78, 5) is 0. The van der Waals surface area contributed by atoms with E-state index in [4.69, 9.17) is 34.8 Å². The summed E-state index contributed by atoms with van der Waals surface area (Å²) in [6.45, 7) is -0.118. The first-order valence-corrected chi connectivity index (χ1v) is 5.50. The van der Waals surface area contributed by atoms with Crippen LogP contribution < -0.4 is 0 Å². The van der Waals surface area contributed by atoms with E-state index in [9.17, 15) is 8.76 Å². The third-order valence-corrected chi connectivity index (χ3v) is 2.87. The molecule has 0 heterocycles. The van der Waals surface area contributed by atoms with Gasteiger partial charge >= 0.3 is 0 Å². The van der Waals surface area contributed by atoms with E-state index in [0.29, 0.717) is 5.56 Å². The molecular formula is C7H4Cl3O3S-. The SMILES string of the molecule is O=S([O-])OCc1cc(Cl)c(Cl)c(Cl)c1. The summed E-state index contributed by atoms with van der Waals surface area (Å²) < 4.78 is 24.5. The van der Waals surface area contributed by atoms with Crippen molar-refractivity contribution >= 4 is 46.2 Å². The summed E-state index contributed by atoms with van der Waals surface area (Å²) in [6.07, 6.45) is 0. The molecule has 78 valence electrons. The molecule has 1 rings (SSSR count). The highest BCUT2D eigenvalue weighted by Gasteiger charge is 2.05. The van der Waals surface area contributed by atoms with Crippen LogP contribution in [0.25, 0.3) is 0 Å². The molecule has 0 amide bonds. The average molecular weight is 275 g/mol. The Morgan fingerprint density at radius 1 is 1.29 bits per heavy atom. The molecule has 1 aromatic rings. The van der Waals surface area contributed by atoms with E-state index in [1.165, 1.54) is 12.1 Å². The van der Waals surface area contributed by atoms with Crippen molar-refractivity contribution in [2.45, 2.75) is 6.61 Å². The van der Waals surface area contributed by atoms with Crippen molar-refractivity contribution in [3.05, 3.63) is 32.8 Å². The van der Waals surface area contributed by atoms with Crippen molar-refractivity contribution in [1.82, 2.24) is 0 Å². The van der Waals surface area contributed by atoms with Crippen LogP contribution in [-0.2, 0) is 22.2 Å². The predicted octanol–water partition coefficient (Wildman–Crippen LogP) is 2.96. The van der Waals surface area contributed by atoms with Gasteiger partial charge in [-0.1, -0.05) is 34.8 Å². The fraction of sp³-hybridized carbons (Fsp3) is 0.143. The minimum atomic E-state index is -2.55. The highest BCUT2D eigenvalue weighted by atomic mass is 35.5. The largest absolute Gasteiger partial charge is 0.750 e. The van der Waals surface area contributed by atoms with Crippen LogP contribution in [0, 0.1) is 0 Å². The van der Waals surface area contributed by atoms with Crippen LogP contribution in [0.3, 0.4) is 0 Å². The fourth-order valence-corrected chi connectivity index (χ4v) is 1.68. The van der Waals surface area contributed by atoms with Gasteiger partial charge in [-0.3, -0.25) is 4.18 Å². The fourth-order valence-electron chi connectivity index (χ4n) is 0.807. The van der Waals surface area contributed by atoms with Gasteiger partial charge in [0.05, 0.1) is 33.0 Å². The van der Waals surface area contributed by atoms with Gasteiger partial charge in [-0.25, -0.2) is 4.21 Å². The summed E-state index contributed by atoms with van der Waals surface area (Å²) >= 11 is 14.5. The lowest BCUT2D eigenvalue weighted by Gasteiger charge is -2.07. The van der Waals surface area contributed by atoms with E-state index in [0.717, 1.165) is 0 Å². The Bertz CT molecular complexity index is 346. The predicted molar refractivity (Wildman–Crippen MR) is 55.2 cm³/mol. The molecule has 0 aromatic heterocycles. The zero-order valence-electron chi connectivity index (χ0n) is 6.63. The lowest BCUT2D eigenvalue weighted by atomic mass is 10.2. The molecule has 0 saturated heterocycles. The first-order chi connectivity index (χ1) is 6.50. The van der Waals surface area contributed by atoms with Gasteiger partial charge in [-0.05, 0) is 17.7 Å². The Morgan fingerprint density at radius 2 is 1.79 bits per heavy atom. The Labute approximate surface area is 98.4 Å². The van der Waals surface area contributed by atoms with Gasteiger partial charge in [0.15, 0.2) is 0 Å². The molecule has 0 spiro atoms. The smallest absolute Gasteiger partial charge is 0.0880 e. The van der Waals surface area contributed by atoms with E-state index in [2.05, 4.69) is 4.18 Å². The molecule has 0 N–H and O–H groups in total. The van der Waals surface area contributed by atoms with Crippen molar-refractivity contribution in [3.63, 3.8) is 0 Å². The molecule has 0 aliphatic carbocycles. The van der Waals surface area contributed by atoms with Crippen molar-refractivity contribution < 1.29 is 12.9 Å². The van der Waals surface area contributed by atoms with E-state index >= 15 is 0 Å². The lowest BCUT2D eigenvalue weighted by Crippen LogP contribution is -1.96. The summed E-state index contributed by atoms with van der Waals surface area (Å²) in [5, 5.41) is 0.754. The average Bonchev–Trinajstić information content (AvgIpc) is 2.10. The number of benzene rings is 1. The summed E-state index contributed by atoms with van der Waals surface area (Å²) in [7, 11) is 0. The van der Waals surface area contributed by atoms with Crippen molar-refractivity contribution in [2.75, 3.05) is 0 Å². The molecule has 1 unspecified atom stereocenters. The molecule has 1 aromatic carbocycles. The molecule has 3 nitrogen and oxygen atoms in total. The quantitative estimate of drug-likeness (QED) is 0.629. The van der Waals surface area contributed by atoms with E-state index in [1.807, 2.05) is 0 Å². The van der Waals surface area contributed by atoms with Gasteiger partial charge in [0.1, 0.15) is 0 Å². The van der Waals surface area contributed by atoms with Crippen LogP contribution in [0.2, 0.25) is 15.1 Å². The van der Waals surface area contributed by atoms with Crippen LogP contribution in [0.5, 0.6) is 0 Å². The highest BCUT2D eigenvalue weighted by Crippen LogP contribution is 2.31. The normalized spacial score (nSPS) is 12.9. The van der Waals surface area contributed by atoms with E-state index < -0.39 is 11.4 Å². The van der Waals surface area contributed by atoms with Crippen molar-refractivity contribution in [2.24, 2.45) is 0 Å². The molecular weight excluding hydrogens is 270 g/mol. The molecule has 14 heavy (non-hydrogen) atoms. The Hall–Kier alpha value is 0.160.